The molecule has 98 valence electrons. The number of aliphatic hydroxyl groups is 1. The third kappa shape index (κ3) is 3.03. The van der Waals surface area contributed by atoms with Gasteiger partial charge in [-0.15, -0.1) is 0 Å². The Balaban J connectivity index is 1.47. The fraction of sp³-hybridized carbons (Fsp3) is 1.00. The molecule has 3 aliphatic rings. The predicted octanol–water partition coefficient (Wildman–Crippen LogP) is 2.56. The van der Waals surface area contributed by atoms with Crippen LogP contribution in [-0.2, 0) is 0 Å². The molecule has 2 heteroatoms. The largest absolute Gasteiger partial charge is 0.396 e. The van der Waals surface area contributed by atoms with Crippen molar-refractivity contribution >= 4 is 0 Å². The molecule has 2 atom stereocenters. The molecule has 0 aromatic carbocycles. The van der Waals surface area contributed by atoms with E-state index in [4.69, 9.17) is 0 Å². The van der Waals surface area contributed by atoms with Gasteiger partial charge in [0.25, 0.3) is 0 Å². The molecule has 3 aliphatic carbocycles. The van der Waals surface area contributed by atoms with E-state index < -0.39 is 0 Å². The highest BCUT2D eigenvalue weighted by molar-refractivity contribution is 4.96. The van der Waals surface area contributed by atoms with Gasteiger partial charge in [0.05, 0.1) is 0 Å². The van der Waals surface area contributed by atoms with E-state index in [2.05, 4.69) is 5.32 Å². The summed E-state index contributed by atoms with van der Waals surface area (Å²) in [4.78, 5) is 0. The van der Waals surface area contributed by atoms with Crippen LogP contribution in [0.2, 0.25) is 0 Å². The van der Waals surface area contributed by atoms with Gasteiger partial charge in [-0.2, -0.15) is 0 Å². The zero-order valence-electron chi connectivity index (χ0n) is 10.9. The lowest BCUT2D eigenvalue weighted by Crippen LogP contribution is -2.40. The first kappa shape index (κ1) is 12.0. The van der Waals surface area contributed by atoms with Crippen LogP contribution in [0.15, 0.2) is 0 Å². The van der Waals surface area contributed by atoms with E-state index in [1.54, 1.807) is 0 Å². The van der Waals surface area contributed by atoms with E-state index in [-0.39, 0.29) is 0 Å². The Bertz CT molecular complexity index is 235. The highest BCUT2D eigenvalue weighted by Gasteiger charge is 2.41. The Morgan fingerprint density at radius 2 is 1.47 bits per heavy atom. The number of aliphatic hydroxyl groups excluding tert-OH is 1. The first-order valence-electron chi connectivity index (χ1n) is 7.72. The van der Waals surface area contributed by atoms with Crippen molar-refractivity contribution in [2.45, 2.75) is 57.4 Å². The molecule has 2 N–H and O–H groups in total. The van der Waals surface area contributed by atoms with E-state index in [1.807, 2.05) is 0 Å². The molecule has 2 nitrogen and oxygen atoms in total. The fourth-order valence-corrected chi connectivity index (χ4v) is 3.71. The first-order chi connectivity index (χ1) is 8.38. The third-order valence-corrected chi connectivity index (χ3v) is 5.18. The summed E-state index contributed by atoms with van der Waals surface area (Å²) in [6.45, 7) is 1.58. The van der Waals surface area contributed by atoms with Crippen LogP contribution in [0.25, 0.3) is 0 Å². The molecular weight excluding hydrogens is 210 g/mol. The molecule has 2 unspecified atom stereocenters. The summed E-state index contributed by atoms with van der Waals surface area (Å²) in [5.41, 5.74) is 0. The third-order valence-electron chi connectivity index (χ3n) is 5.18. The predicted molar refractivity (Wildman–Crippen MR) is 69.8 cm³/mol. The van der Waals surface area contributed by atoms with Crippen molar-refractivity contribution in [3.05, 3.63) is 0 Å². The standard InChI is InChI=1S/C15H27NO/c17-10-14-4-2-1-3-13(14)9-16-15(11-5-6-11)12-7-8-12/h11-17H,1-10H2. The van der Waals surface area contributed by atoms with Crippen molar-refractivity contribution in [3.8, 4) is 0 Å². The molecule has 0 heterocycles. The average molecular weight is 237 g/mol. The van der Waals surface area contributed by atoms with Gasteiger partial charge in [0.1, 0.15) is 0 Å². The van der Waals surface area contributed by atoms with Gasteiger partial charge in [-0.05, 0) is 68.7 Å². The van der Waals surface area contributed by atoms with Crippen LogP contribution in [0.5, 0.6) is 0 Å². The Labute approximate surface area is 105 Å². The lowest BCUT2D eigenvalue weighted by atomic mass is 9.79. The van der Waals surface area contributed by atoms with Gasteiger partial charge in [-0.1, -0.05) is 12.8 Å². The smallest absolute Gasteiger partial charge is 0.0462 e. The zero-order valence-corrected chi connectivity index (χ0v) is 10.9. The molecule has 3 fully saturated rings. The van der Waals surface area contributed by atoms with Crippen molar-refractivity contribution < 1.29 is 5.11 Å². The molecule has 0 saturated heterocycles. The maximum absolute atomic E-state index is 9.44. The Kier molecular flexibility index (Phi) is 3.72. The number of hydrogen-bond donors (Lipinski definition) is 2. The minimum atomic E-state index is 0.407. The second-order valence-corrected chi connectivity index (χ2v) is 6.60. The van der Waals surface area contributed by atoms with E-state index in [9.17, 15) is 5.11 Å². The molecule has 0 bridgehead atoms. The summed E-state index contributed by atoms with van der Waals surface area (Å²) in [5, 5.41) is 13.3. The molecule has 17 heavy (non-hydrogen) atoms. The normalized spacial score (nSPS) is 34.2. The quantitative estimate of drug-likeness (QED) is 0.744. The molecule has 3 rings (SSSR count). The molecule has 0 aliphatic heterocycles. The van der Waals surface area contributed by atoms with Gasteiger partial charge >= 0.3 is 0 Å². The number of nitrogens with one attached hydrogen (secondary N) is 1. The van der Waals surface area contributed by atoms with Crippen molar-refractivity contribution in [2.24, 2.45) is 23.7 Å². The Morgan fingerprint density at radius 3 is 2.00 bits per heavy atom. The van der Waals surface area contributed by atoms with Crippen LogP contribution in [0.3, 0.4) is 0 Å². The van der Waals surface area contributed by atoms with Crippen LogP contribution in [-0.4, -0.2) is 24.3 Å². The molecular formula is C15H27NO. The second kappa shape index (κ2) is 5.27. The van der Waals surface area contributed by atoms with Gasteiger partial charge in [-0.3, -0.25) is 0 Å². The molecule has 0 radical (unpaired) electrons. The van der Waals surface area contributed by atoms with Gasteiger partial charge in [0, 0.05) is 12.6 Å². The average Bonchev–Trinajstić information content (AvgIpc) is 3.23. The highest BCUT2D eigenvalue weighted by Crippen LogP contribution is 2.44. The summed E-state index contributed by atoms with van der Waals surface area (Å²) >= 11 is 0. The van der Waals surface area contributed by atoms with Crippen molar-refractivity contribution in [1.29, 1.82) is 0 Å². The Morgan fingerprint density at radius 1 is 0.882 bits per heavy atom. The first-order valence-corrected chi connectivity index (χ1v) is 7.72. The summed E-state index contributed by atoms with van der Waals surface area (Å²) in [5.74, 6) is 3.32. The summed E-state index contributed by atoms with van der Waals surface area (Å²) in [6, 6.07) is 0.830. The lowest BCUT2D eigenvalue weighted by Gasteiger charge is -2.32. The van der Waals surface area contributed by atoms with Gasteiger partial charge in [0.15, 0.2) is 0 Å². The maximum atomic E-state index is 9.44. The van der Waals surface area contributed by atoms with Crippen LogP contribution in [0.1, 0.15) is 51.4 Å². The van der Waals surface area contributed by atoms with Crippen LogP contribution in [0.4, 0.5) is 0 Å². The van der Waals surface area contributed by atoms with E-state index >= 15 is 0 Å². The molecule has 3 saturated carbocycles. The van der Waals surface area contributed by atoms with Crippen molar-refractivity contribution in [3.63, 3.8) is 0 Å². The monoisotopic (exact) mass is 237 g/mol. The molecule has 0 aromatic heterocycles. The zero-order chi connectivity index (χ0) is 11.7. The fourth-order valence-electron chi connectivity index (χ4n) is 3.71. The van der Waals surface area contributed by atoms with E-state index in [0.29, 0.717) is 12.5 Å². The summed E-state index contributed by atoms with van der Waals surface area (Å²) in [7, 11) is 0. The van der Waals surface area contributed by atoms with Crippen molar-refractivity contribution in [2.75, 3.05) is 13.2 Å². The Hall–Kier alpha value is -0.0800. The molecule has 0 amide bonds. The van der Waals surface area contributed by atoms with Crippen LogP contribution in [0, 0.1) is 23.7 Å². The molecule has 0 aromatic rings. The molecule has 0 spiro atoms. The van der Waals surface area contributed by atoms with Gasteiger partial charge in [0.2, 0.25) is 0 Å². The summed E-state index contributed by atoms with van der Waals surface area (Å²) in [6.07, 6.45) is 11.1. The van der Waals surface area contributed by atoms with Crippen LogP contribution >= 0.6 is 0 Å². The maximum Gasteiger partial charge on any atom is 0.0462 e. The summed E-state index contributed by atoms with van der Waals surface area (Å²) < 4.78 is 0. The van der Waals surface area contributed by atoms with Crippen molar-refractivity contribution in [1.82, 2.24) is 5.32 Å². The van der Waals surface area contributed by atoms with E-state index in [0.717, 1.165) is 23.8 Å². The van der Waals surface area contributed by atoms with Gasteiger partial charge in [-0.25, -0.2) is 0 Å². The van der Waals surface area contributed by atoms with E-state index in [1.165, 1.54) is 57.9 Å². The minimum Gasteiger partial charge on any atom is -0.396 e. The second-order valence-electron chi connectivity index (χ2n) is 6.60. The number of rotatable bonds is 6. The van der Waals surface area contributed by atoms with Crippen LogP contribution < -0.4 is 5.32 Å². The topological polar surface area (TPSA) is 32.3 Å². The van der Waals surface area contributed by atoms with Gasteiger partial charge < -0.3 is 10.4 Å². The number of hydrogen-bond acceptors (Lipinski definition) is 2. The highest BCUT2D eigenvalue weighted by atomic mass is 16.3. The minimum absolute atomic E-state index is 0.407. The SMILES string of the molecule is OCC1CCCCC1CNC(C1CC1)C1CC1. The lowest BCUT2D eigenvalue weighted by molar-refractivity contribution is 0.129.